The maximum Gasteiger partial charge on any atom is 0.261 e. The minimum Gasteiger partial charge on any atom is -0.457 e. The number of anilines is 1. The molecule has 0 saturated heterocycles. The number of hydrogen-bond donors (Lipinski definition) is 2. The molecule has 1 aromatic heterocycles. The molecule has 0 aliphatic carbocycles. The third-order valence-electron chi connectivity index (χ3n) is 4.01. The normalized spacial score (nSPS) is 10.3. The van der Waals surface area contributed by atoms with Crippen molar-refractivity contribution in [1.82, 2.24) is 5.32 Å². The third-order valence-corrected chi connectivity index (χ3v) is 4.87. The molecule has 1 heterocycles. The van der Waals surface area contributed by atoms with Gasteiger partial charge in [0.2, 0.25) is 5.91 Å². The van der Waals surface area contributed by atoms with Crippen LogP contribution in [0.15, 0.2) is 66.0 Å². The summed E-state index contributed by atoms with van der Waals surface area (Å²) in [6.07, 6.45) is 0.921. The molecule has 2 amide bonds. The first-order chi connectivity index (χ1) is 13.6. The first-order valence-electron chi connectivity index (χ1n) is 9.06. The van der Waals surface area contributed by atoms with Crippen molar-refractivity contribution < 1.29 is 14.3 Å². The van der Waals surface area contributed by atoms with Crippen LogP contribution in [0.5, 0.6) is 11.5 Å². The molecule has 0 spiro atoms. The first-order valence-corrected chi connectivity index (χ1v) is 9.94. The first kappa shape index (κ1) is 19.6. The van der Waals surface area contributed by atoms with Crippen molar-refractivity contribution in [3.8, 4) is 11.5 Å². The summed E-state index contributed by atoms with van der Waals surface area (Å²) < 4.78 is 5.77. The van der Waals surface area contributed by atoms with E-state index >= 15 is 0 Å². The summed E-state index contributed by atoms with van der Waals surface area (Å²) in [7, 11) is 0. The summed E-state index contributed by atoms with van der Waals surface area (Å²) in [4.78, 5) is 24.5. The van der Waals surface area contributed by atoms with Gasteiger partial charge in [-0.3, -0.25) is 9.59 Å². The van der Waals surface area contributed by atoms with E-state index in [4.69, 9.17) is 4.74 Å². The zero-order chi connectivity index (χ0) is 19.8. The molecule has 6 heteroatoms. The molecule has 0 fully saturated rings. The molecule has 3 rings (SSSR count). The predicted octanol–water partition coefficient (Wildman–Crippen LogP) is 5.00. The minimum atomic E-state index is -0.0976. The van der Waals surface area contributed by atoms with Gasteiger partial charge in [-0.05, 0) is 61.2 Å². The van der Waals surface area contributed by atoms with Crippen molar-refractivity contribution in [3.63, 3.8) is 0 Å². The quantitative estimate of drug-likeness (QED) is 0.529. The van der Waals surface area contributed by atoms with Crippen LogP contribution in [0.25, 0.3) is 0 Å². The summed E-state index contributed by atoms with van der Waals surface area (Å²) in [5, 5.41) is 7.52. The Morgan fingerprint density at radius 1 is 0.964 bits per heavy atom. The number of carbonyl (C=O) groups is 2. The van der Waals surface area contributed by atoms with E-state index in [2.05, 4.69) is 10.6 Å². The van der Waals surface area contributed by atoms with Crippen molar-refractivity contribution in [2.75, 3.05) is 11.9 Å². The van der Waals surface area contributed by atoms with Gasteiger partial charge < -0.3 is 15.4 Å². The number of rotatable bonds is 8. The molecule has 0 aliphatic heterocycles. The van der Waals surface area contributed by atoms with E-state index in [1.807, 2.05) is 54.8 Å². The van der Waals surface area contributed by atoms with E-state index < -0.39 is 0 Å². The summed E-state index contributed by atoms with van der Waals surface area (Å²) in [6.45, 7) is 2.49. The molecule has 2 N–H and O–H groups in total. The average molecular weight is 394 g/mol. The number of amides is 2. The number of hydrogen-bond acceptors (Lipinski definition) is 4. The number of ether oxygens (including phenoxy) is 1. The summed E-state index contributed by atoms with van der Waals surface area (Å²) >= 11 is 1.40. The molecule has 5 nitrogen and oxygen atoms in total. The molecule has 0 unspecified atom stereocenters. The van der Waals surface area contributed by atoms with Gasteiger partial charge in [0.05, 0.1) is 4.88 Å². The Bertz CT molecular complexity index is 904. The standard InChI is InChI=1S/C22H22N2O3S/c1-16-6-10-18(11-7-16)27-19-12-8-17(9-13-19)24-21(25)5-2-14-23-22(26)20-4-3-15-28-20/h3-4,6-13,15H,2,5,14H2,1H3,(H,23,26)(H,24,25). The summed E-state index contributed by atoms with van der Waals surface area (Å²) in [5.74, 6) is 1.29. The molecule has 0 radical (unpaired) electrons. The Balaban J connectivity index is 1.39. The molecule has 0 atom stereocenters. The van der Waals surface area contributed by atoms with Crippen LogP contribution >= 0.6 is 11.3 Å². The fourth-order valence-corrected chi connectivity index (χ4v) is 3.16. The van der Waals surface area contributed by atoms with Crippen LogP contribution in [0.3, 0.4) is 0 Å². The van der Waals surface area contributed by atoms with Gasteiger partial charge in [0.25, 0.3) is 5.91 Å². The van der Waals surface area contributed by atoms with Crippen LogP contribution in [0.2, 0.25) is 0 Å². The Hall–Kier alpha value is -3.12. The number of benzene rings is 2. The summed E-state index contributed by atoms with van der Waals surface area (Å²) in [5.41, 5.74) is 1.89. The average Bonchev–Trinajstić information content (AvgIpc) is 3.23. The van der Waals surface area contributed by atoms with Crippen LogP contribution in [0.4, 0.5) is 5.69 Å². The SMILES string of the molecule is Cc1ccc(Oc2ccc(NC(=O)CCCNC(=O)c3cccs3)cc2)cc1. The fourth-order valence-electron chi connectivity index (χ4n) is 2.52. The highest BCUT2D eigenvalue weighted by Crippen LogP contribution is 2.23. The largest absolute Gasteiger partial charge is 0.457 e. The third kappa shape index (κ3) is 5.96. The predicted molar refractivity (Wildman–Crippen MR) is 112 cm³/mol. The van der Waals surface area contributed by atoms with Crippen molar-refractivity contribution in [2.24, 2.45) is 0 Å². The molecule has 2 aromatic carbocycles. The van der Waals surface area contributed by atoms with Crippen LogP contribution in [-0.4, -0.2) is 18.4 Å². The second kappa shape index (κ2) is 9.71. The van der Waals surface area contributed by atoms with Crippen LogP contribution in [-0.2, 0) is 4.79 Å². The molecule has 0 saturated carbocycles. The second-order valence-electron chi connectivity index (χ2n) is 6.32. The zero-order valence-corrected chi connectivity index (χ0v) is 16.4. The topological polar surface area (TPSA) is 67.4 Å². The van der Waals surface area contributed by atoms with E-state index in [-0.39, 0.29) is 11.8 Å². The van der Waals surface area contributed by atoms with Crippen LogP contribution < -0.4 is 15.4 Å². The van der Waals surface area contributed by atoms with Gasteiger partial charge in [0.15, 0.2) is 0 Å². The molecular weight excluding hydrogens is 372 g/mol. The van der Waals surface area contributed by atoms with E-state index in [0.717, 1.165) is 5.75 Å². The van der Waals surface area contributed by atoms with Gasteiger partial charge in [0.1, 0.15) is 11.5 Å². The minimum absolute atomic E-state index is 0.0856. The molecule has 0 aliphatic rings. The van der Waals surface area contributed by atoms with E-state index in [9.17, 15) is 9.59 Å². The maximum absolute atomic E-state index is 12.0. The van der Waals surface area contributed by atoms with Crippen molar-refractivity contribution in [1.29, 1.82) is 0 Å². The highest BCUT2D eigenvalue weighted by atomic mass is 32.1. The Morgan fingerprint density at radius 2 is 1.64 bits per heavy atom. The van der Waals surface area contributed by atoms with Crippen molar-refractivity contribution in [2.45, 2.75) is 19.8 Å². The lowest BCUT2D eigenvalue weighted by Crippen LogP contribution is -2.24. The highest BCUT2D eigenvalue weighted by Gasteiger charge is 2.07. The second-order valence-corrected chi connectivity index (χ2v) is 7.27. The Kier molecular flexibility index (Phi) is 6.81. The smallest absolute Gasteiger partial charge is 0.261 e. The zero-order valence-electron chi connectivity index (χ0n) is 15.6. The maximum atomic E-state index is 12.0. The summed E-state index contributed by atoms with van der Waals surface area (Å²) in [6, 6.07) is 18.7. The molecule has 3 aromatic rings. The lowest BCUT2D eigenvalue weighted by molar-refractivity contribution is -0.116. The molecular formula is C22H22N2O3S. The number of nitrogens with one attached hydrogen (secondary N) is 2. The van der Waals surface area contributed by atoms with Gasteiger partial charge in [-0.1, -0.05) is 23.8 Å². The highest BCUT2D eigenvalue weighted by molar-refractivity contribution is 7.12. The molecule has 144 valence electrons. The Labute approximate surface area is 168 Å². The van der Waals surface area contributed by atoms with Crippen molar-refractivity contribution in [3.05, 3.63) is 76.5 Å². The monoisotopic (exact) mass is 394 g/mol. The van der Waals surface area contributed by atoms with Crippen LogP contribution in [0.1, 0.15) is 28.1 Å². The van der Waals surface area contributed by atoms with Gasteiger partial charge in [-0.2, -0.15) is 0 Å². The van der Waals surface area contributed by atoms with E-state index in [0.29, 0.717) is 35.7 Å². The van der Waals surface area contributed by atoms with Gasteiger partial charge in [0, 0.05) is 18.7 Å². The van der Waals surface area contributed by atoms with Gasteiger partial charge in [-0.15, -0.1) is 11.3 Å². The Morgan fingerprint density at radius 3 is 2.29 bits per heavy atom. The molecule has 28 heavy (non-hydrogen) atoms. The van der Waals surface area contributed by atoms with Gasteiger partial charge in [-0.25, -0.2) is 0 Å². The van der Waals surface area contributed by atoms with Crippen molar-refractivity contribution >= 4 is 28.8 Å². The van der Waals surface area contributed by atoms with E-state index in [1.54, 1.807) is 18.2 Å². The van der Waals surface area contributed by atoms with E-state index in [1.165, 1.54) is 16.9 Å². The number of aryl methyl sites for hydroxylation is 1. The molecule has 0 bridgehead atoms. The fraction of sp³-hybridized carbons (Fsp3) is 0.182. The lowest BCUT2D eigenvalue weighted by atomic mass is 10.2. The van der Waals surface area contributed by atoms with Crippen LogP contribution in [0, 0.1) is 6.92 Å². The lowest BCUT2D eigenvalue weighted by Gasteiger charge is -2.09. The van der Waals surface area contributed by atoms with Gasteiger partial charge >= 0.3 is 0 Å². The number of thiophene rings is 1. The number of carbonyl (C=O) groups excluding carboxylic acids is 2.